The number of nitrogens with zero attached hydrogens (tertiary/aromatic N) is 6. The van der Waals surface area contributed by atoms with E-state index in [1.165, 1.54) is 42.1 Å². The highest BCUT2D eigenvalue weighted by molar-refractivity contribution is 5.83. The van der Waals surface area contributed by atoms with Crippen LogP contribution in [0.15, 0.2) is 39.0 Å². The van der Waals surface area contributed by atoms with Crippen LogP contribution in [0.5, 0.6) is 0 Å². The third-order valence-corrected chi connectivity index (χ3v) is 5.70. The van der Waals surface area contributed by atoms with E-state index in [0.29, 0.717) is 11.5 Å². The van der Waals surface area contributed by atoms with Gasteiger partial charge in [-0.05, 0) is 37.0 Å². The molecule has 2 aromatic heterocycles. The SMILES string of the molecule is Cn1c(=O)[nH]c(=O)c2c1nc(N1CCCCC1)n2CCC(=O)NN=Cc1ccc([N+](=O)[O-])cc1. The van der Waals surface area contributed by atoms with E-state index in [0.717, 1.165) is 32.4 Å². The quantitative estimate of drug-likeness (QED) is 0.295. The predicted molar refractivity (Wildman–Crippen MR) is 125 cm³/mol. The summed E-state index contributed by atoms with van der Waals surface area (Å²) in [6, 6.07) is 5.74. The number of rotatable bonds is 7. The van der Waals surface area contributed by atoms with E-state index in [2.05, 4.69) is 25.4 Å². The van der Waals surface area contributed by atoms with Crippen LogP contribution in [-0.2, 0) is 18.4 Å². The second-order valence-corrected chi connectivity index (χ2v) is 7.99. The van der Waals surface area contributed by atoms with Gasteiger partial charge >= 0.3 is 5.69 Å². The summed E-state index contributed by atoms with van der Waals surface area (Å²) in [6.07, 6.45) is 4.51. The number of H-pyrrole nitrogens is 1. The lowest BCUT2D eigenvalue weighted by Gasteiger charge is -2.28. The van der Waals surface area contributed by atoms with E-state index >= 15 is 0 Å². The zero-order valence-electron chi connectivity index (χ0n) is 18.6. The van der Waals surface area contributed by atoms with E-state index in [-0.39, 0.29) is 35.7 Å². The average molecular weight is 468 g/mol. The number of non-ortho nitro benzene ring substituents is 1. The van der Waals surface area contributed by atoms with Gasteiger partial charge in [-0.2, -0.15) is 10.1 Å². The van der Waals surface area contributed by atoms with Crippen LogP contribution in [0, 0.1) is 10.1 Å². The number of hydrazone groups is 1. The summed E-state index contributed by atoms with van der Waals surface area (Å²) in [7, 11) is 1.54. The number of carbonyl (C=O) groups excluding carboxylic acids is 1. The molecule has 13 heteroatoms. The minimum Gasteiger partial charge on any atom is -0.342 e. The molecular weight excluding hydrogens is 444 g/mol. The molecule has 1 aromatic carbocycles. The summed E-state index contributed by atoms with van der Waals surface area (Å²) in [5.74, 6) is 0.175. The lowest BCUT2D eigenvalue weighted by atomic mass is 10.1. The highest BCUT2D eigenvalue weighted by Gasteiger charge is 2.23. The fourth-order valence-corrected chi connectivity index (χ4v) is 3.90. The third kappa shape index (κ3) is 4.72. The number of carbonyl (C=O) groups is 1. The molecule has 1 saturated heterocycles. The minimum absolute atomic E-state index is 0.0200. The number of nitrogens with one attached hydrogen (secondary N) is 2. The third-order valence-electron chi connectivity index (χ3n) is 5.70. The van der Waals surface area contributed by atoms with Crippen molar-refractivity contribution in [1.29, 1.82) is 0 Å². The van der Waals surface area contributed by atoms with Gasteiger partial charge in [0.05, 0.1) is 11.1 Å². The van der Waals surface area contributed by atoms with Crippen LogP contribution >= 0.6 is 0 Å². The molecule has 1 aliphatic rings. The van der Waals surface area contributed by atoms with Crippen LogP contribution < -0.4 is 21.6 Å². The summed E-state index contributed by atoms with van der Waals surface area (Å²) < 4.78 is 2.97. The summed E-state index contributed by atoms with van der Waals surface area (Å²) in [5, 5.41) is 14.6. The van der Waals surface area contributed by atoms with Gasteiger partial charge in [0.1, 0.15) is 0 Å². The van der Waals surface area contributed by atoms with Gasteiger partial charge in [0.15, 0.2) is 11.2 Å². The van der Waals surface area contributed by atoms with Crippen molar-refractivity contribution in [3.05, 3.63) is 60.8 Å². The summed E-state index contributed by atoms with van der Waals surface area (Å²) in [5.41, 5.74) is 2.38. The number of benzene rings is 1. The van der Waals surface area contributed by atoms with Crippen molar-refractivity contribution in [2.75, 3.05) is 18.0 Å². The first-order chi connectivity index (χ1) is 16.3. The average Bonchev–Trinajstić information content (AvgIpc) is 3.22. The number of fused-ring (bicyclic) bond motifs is 1. The molecular formula is C21H24N8O5. The van der Waals surface area contributed by atoms with Gasteiger partial charge in [-0.3, -0.25) is 29.3 Å². The molecule has 0 unspecified atom stereocenters. The topological polar surface area (TPSA) is 161 Å². The molecule has 0 bridgehead atoms. The van der Waals surface area contributed by atoms with Gasteiger partial charge in [0.2, 0.25) is 11.9 Å². The number of imidazole rings is 1. The van der Waals surface area contributed by atoms with Crippen molar-refractivity contribution in [1.82, 2.24) is 24.5 Å². The van der Waals surface area contributed by atoms with E-state index < -0.39 is 16.2 Å². The molecule has 1 fully saturated rings. The Hall–Kier alpha value is -4.29. The van der Waals surface area contributed by atoms with Crippen LogP contribution in [0.25, 0.3) is 11.2 Å². The van der Waals surface area contributed by atoms with Gasteiger partial charge in [0, 0.05) is 45.2 Å². The smallest absolute Gasteiger partial charge is 0.329 e. The Balaban J connectivity index is 1.51. The first kappa shape index (κ1) is 22.9. The van der Waals surface area contributed by atoms with Crippen molar-refractivity contribution in [2.45, 2.75) is 32.2 Å². The molecule has 2 N–H and O–H groups in total. The Morgan fingerprint density at radius 1 is 1.24 bits per heavy atom. The Morgan fingerprint density at radius 2 is 1.94 bits per heavy atom. The van der Waals surface area contributed by atoms with Gasteiger partial charge in [-0.1, -0.05) is 0 Å². The van der Waals surface area contributed by atoms with E-state index in [4.69, 9.17) is 0 Å². The highest BCUT2D eigenvalue weighted by Crippen LogP contribution is 2.23. The Kier molecular flexibility index (Phi) is 6.52. The molecule has 178 valence electrons. The fraction of sp³-hybridized carbons (Fsp3) is 0.381. The maximum Gasteiger partial charge on any atom is 0.329 e. The molecule has 1 aliphatic heterocycles. The zero-order valence-corrected chi connectivity index (χ0v) is 18.6. The molecule has 0 spiro atoms. The number of hydrogen-bond donors (Lipinski definition) is 2. The maximum absolute atomic E-state index is 12.6. The number of hydrogen-bond acceptors (Lipinski definition) is 8. The Bertz CT molecular complexity index is 1360. The van der Waals surface area contributed by atoms with Crippen LogP contribution in [-0.4, -0.2) is 49.2 Å². The van der Waals surface area contributed by atoms with Crippen LogP contribution in [0.4, 0.5) is 11.6 Å². The standard InChI is InChI=1S/C21H24N8O5/c1-26-18-17(19(31)24-21(26)32)28(20(23-18)27-10-3-2-4-11-27)12-9-16(30)25-22-13-14-5-7-15(8-6-14)29(33)34/h5-8,13H,2-4,9-12H2,1H3,(H,25,30)(H,24,31,32). The number of amides is 1. The van der Waals surface area contributed by atoms with Crippen molar-refractivity contribution < 1.29 is 9.72 Å². The summed E-state index contributed by atoms with van der Waals surface area (Å²) in [6.45, 7) is 1.73. The Labute approximate surface area is 192 Å². The molecule has 4 rings (SSSR count). The number of aromatic amines is 1. The number of piperidine rings is 1. The highest BCUT2D eigenvalue weighted by atomic mass is 16.6. The maximum atomic E-state index is 12.6. The molecule has 34 heavy (non-hydrogen) atoms. The second kappa shape index (κ2) is 9.68. The van der Waals surface area contributed by atoms with Crippen molar-refractivity contribution in [3.63, 3.8) is 0 Å². The second-order valence-electron chi connectivity index (χ2n) is 7.99. The lowest BCUT2D eigenvalue weighted by Crippen LogP contribution is -2.33. The number of aromatic nitrogens is 4. The molecule has 0 atom stereocenters. The van der Waals surface area contributed by atoms with Gasteiger partial charge in [-0.25, -0.2) is 10.2 Å². The molecule has 3 aromatic rings. The van der Waals surface area contributed by atoms with Gasteiger partial charge in [0.25, 0.3) is 11.2 Å². The Morgan fingerprint density at radius 3 is 2.62 bits per heavy atom. The molecule has 0 radical (unpaired) electrons. The monoisotopic (exact) mass is 468 g/mol. The van der Waals surface area contributed by atoms with Crippen molar-refractivity contribution in [3.8, 4) is 0 Å². The lowest BCUT2D eigenvalue weighted by molar-refractivity contribution is -0.384. The first-order valence-corrected chi connectivity index (χ1v) is 10.9. The number of aryl methyl sites for hydroxylation is 2. The predicted octanol–water partition coefficient (Wildman–Crippen LogP) is 0.862. The van der Waals surface area contributed by atoms with Crippen LogP contribution in [0.1, 0.15) is 31.2 Å². The molecule has 1 amide bonds. The first-order valence-electron chi connectivity index (χ1n) is 10.9. The fourth-order valence-electron chi connectivity index (χ4n) is 3.90. The summed E-state index contributed by atoms with van der Waals surface area (Å²) >= 11 is 0. The molecule has 0 saturated carbocycles. The van der Waals surface area contributed by atoms with Crippen molar-refractivity contribution >= 4 is 34.9 Å². The zero-order chi connectivity index (χ0) is 24.2. The van der Waals surface area contributed by atoms with Gasteiger partial charge in [-0.15, -0.1) is 0 Å². The number of nitro groups is 1. The van der Waals surface area contributed by atoms with E-state index in [1.807, 2.05) is 0 Å². The van der Waals surface area contributed by atoms with Crippen molar-refractivity contribution in [2.24, 2.45) is 12.1 Å². The van der Waals surface area contributed by atoms with Gasteiger partial charge < -0.3 is 9.47 Å². The van der Waals surface area contributed by atoms with Crippen LogP contribution in [0.2, 0.25) is 0 Å². The molecule has 13 nitrogen and oxygen atoms in total. The molecule has 3 heterocycles. The molecule has 0 aliphatic carbocycles. The summed E-state index contributed by atoms with van der Waals surface area (Å²) in [4.78, 5) is 56.2. The number of nitro benzene ring substituents is 1. The minimum atomic E-state index is -0.551. The van der Waals surface area contributed by atoms with E-state index in [1.54, 1.807) is 4.57 Å². The number of anilines is 1. The largest absolute Gasteiger partial charge is 0.342 e. The van der Waals surface area contributed by atoms with E-state index in [9.17, 15) is 24.5 Å². The van der Waals surface area contributed by atoms with Crippen LogP contribution in [0.3, 0.4) is 0 Å². The normalized spacial score (nSPS) is 14.1.